The van der Waals surface area contributed by atoms with Crippen LogP contribution in [0.25, 0.3) is 0 Å². The zero-order chi connectivity index (χ0) is 26.1. The molecule has 4 aromatic rings. The number of nitrogens with one attached hydrogen (secondary N) is 2. The largest absolute Gasteiger partial charge is 0.488 e. The number of carbonyl (C=O) groups is 1. The number of halogens is 2. The van der Waals surface area contributed by atoms with Crippen molar-refractivity contribution in [1.82, 2.24) is 20.2 Å². The van der Waals surface area contributed by atoms with E-state index >= 15 is 0 Å². The van der Waals surface area contributed by atoms with Crippen LogP contribution < -0.4 is 15.4 Å². The Morgan fingerprint density at radius 2 is 1.95 bits per heavy atom. The monoisotopic (exact) mass is 578 g/mol. The van der Waals surface area contributed by atoms with Crippen molar-refractivity contribution in [3.8, 4) is 5.75 Å². The van der Waals surface area contributed by atoms with Gasteiger partial charge in [-0.3, -0.25) is 4.79 Å². The average molecular weight is 580 g/mol. The summed E-state index contributed by atoms with van der Waals surface area (Å²) in [5.41, 5.74) is 5.54. The lowest BCUT2D eigenvalue weighted by atomic mass is 9.94. The highest BCUT2D eigenvalue weighted by Gasteiger charge is 2.36. The molecule has 0 fully saturated rings. The Kier molecular flexibility index (Phi) is 6.99. The normalized spacial score (nSPS) is 14.7. The number of hydrogen-bond donors (Lipinski definition) is 2. The first-order valence-corrected chi connectivity index (χ1v) is 12.8. The SMILES string of the molecule is CC1=C(C(=O)Nc2cccc(C)c2C)C(c2cc(Br)ccc2OCc2ccccc2Cl)n2nnnc2N1. The van der Waals surface area contributed by atoms with E-state index in [0.717, 1.165) is 32.4 Å². The number of allylic oxidation sites excluding steroid dienone is 1. The van der Waals surface area contributed by atoms with Crippen molar-refractivity contribution >= 4 is 45.1 Å². The molecule has 1 atom stereocenters. The van der Waals surface area contributed by atoms with Crippen molar-refractivity contribution in [2.24, 2.45) is 0 Å². The van der Waals surface area contributed by atoms with E-state index in [4.69, 9.17) is 16.3 Å². The molecule has 5 rings (SSSR count). The molecule has 1 aromatic heterocycles. The minimum Gasteiger partial charge on any atom is -0.488 e. The lowest BCUT2D eigenvalue weighted by Crippen LogP contribution is -2.32. The van der Waals surface area contributed by atoms with E-state index in [1.807, 2.05) is 81.4 Å². The molecule has 8 nitrogen and oxygen atoms in total. The highest BCUT2D eigenvalue weighted by molar-refractivity contribution is 9.10. The summed E-state index contributed by atoms with van der Waals surface area (Å²) in [6.07, 6.45) is 0. The minimum atomic E-state index is -0.643. The van der Waals surface area contributed by atoms with E-state index in [9.17, 15) is 4.79 Å². The van der Waals surface area contributed by atoms with E-state index in [1.165, 1.54) is 0 Å². The summed E-state index contributed by atoms with van der Waals surface area (Å²) in [6, 6.07) is 18.4. The Morgan fingerprint density at radius 1 is 1.14 bits per heavy atom. The van der Waals surface area contributed by atoms with Gasteiger partial charge in [-0.05, 0) is 72.7 Å². The van der Waals surface area contributed by atoms with Crippen LogP contribution in [-0.2, 0) is 11.4 Å². The van der Waals surface area contributed by atoms with Crippen molar-refractivity contribution in [1.29, 1.82) is 0 Å². The standard InChI is InChI=1S/C27H24BrClN6O2/c1-15-7-6-10-22(16(15)2)31-26(36)24-17(3)30-27-32-33-34-35(27)25(24)20-13-19(28)11-12-23(20)37-14-18-8-4-5-9-21(18)29/h4-13,25H,14H2,1-3H3,(H,31,36)(H,30,32,34). The van der Waals surface area contributed by atoms with Gasteiger partial charge in [-0.2, -0.15) is 4.68 Å². The Labute approximate surface area is 227 Å². The smallest absolute Gasteiger partial charge is 0.255 e. The van der Waals surface area contributed by atoms with E-state index in [0.29, 0.717) is 28.0 Å². The summed E-state index contributed by atoms with van der Waals surface area (Å²) in [7, 11) is 0. The fourth-order valence-electron chi connectivity index (χ4n) is 4.31. The van der Waals surface area contributed by atoms with E-state index in [1.54, 1.807) is 4.68 Å². The molecule has 37 heavy (non-hydrogen) atoms. The number of benzene rings is 3. The molecule has 2 heterocycles. The molecule has 0 bridgehead atoms. The van der Waals surface area contributed by atoms with Crippen molar-refractivity contribution in [3.63, 3.8) is 0 Å². The Morgan fingerprint density at radius 3 is 2.76 bits per heavy atom. The number of fused-ring (bicyclic) bond motifs is 1. The van der Waals surface area contributed by atoms with E-state index < -0.39 is 6.04 Å². The Bertz CT molecular complexity index is 1530. The van der Waals surface area contributed by atoms with Crippen LogP contribution in [-0.4, -0.2) is 26.1 Å². The number of ether oxygens (including phenoxy) is 1. The van der Waals surface area contributed by atoms with Gasteiger partial charge in [0.1, 0.15) is 18.4 Å². The molecule has 0 saturated carbocycles. The fourth-order valence-corrected chi connectivity index (χ4v) is 4.87. The predicted octanol–water partition coefficient (Wildman–Crippen LogP) is 6.21. The van der Waals surface area contributed by atoms with Crippen molar-refractivity contribution in [3.05, 3.63) is 104 Å². The Balaban J connectivity index is 1.57. The average Bonchev–Trinajstić information content (AvgIpc) is 3.34. The number of hydrogen-bond acceptors (Lipinski definition) is 6. The first kappa shape index (κ1) is 25.0. The zero-order valence-corrected chi connectivity index (χ0v) is 22.8. The highest BCUT2D eigenvalue weighted by atomic mass is 79.9. The number of tetrazole rings is 1. The zero-order valence-electron chi connectivity index (χ0n) is 20.4. The van der Waals surface area contributed by atoms with Crippen LogP contribution in [0.2, 0.25) is 5.02 Å². The summed E-state index contributed by atoms with van der Waals surface area (Å²) < 4.78 is 8.68. The summed E-state index contributed by atoms with van der Waals surface area (Å²) in [4.78, 5) is 13.8. The quantitative estimate of drug-likeness (QED) is 0.282. The molecule has 3 aromatic carbocycles. The van der Waals surface area contributed by atoms with Gasteiger partial charge in [0.15, 0.2) is 0 Å². The number of carbonyl (C=O) groups excluding carboxylic acids is 1. The first-order valence-electron chi connectivity index (χ1n) is 11.6. The number of rotatable bonds is 6. The second kappa shape index (κ2) is 10.4. The summed E-state index contributed by atoms with van der Waals surface area (Å²) in [6.45, 7) is 6.09. The molecule has 2 N–H and O–H groups in total. The number of amides is 1. The van der Waals surface area contributed by atoms with Gasteiger partial charge in [0.2, 0.25) is 5.95 Å². The van der Waals surface area contributed by atoms with E-state index in [-0.39, 0.29) is 12.5 Å². The third-order valence-electron chi connectivity index (χ3n) is 6.42. The van der Waals surface area contributed by atoms with Crippen molar-refractivity contribution in [2.75, 3.05) is 10.6 Å². The van der Waals surface area contributed by atoms with Gasteiger partial charge >= 0.3 is 0 Å². The van der Waals surface area contributed by atoms with Crippen LogP contribution in [0.5, 0.6) is 5.75 Å². The van der Waals surface area contributed by atoms with E-state index in [2.05, 4.69) is 42.1 Å². The van der Waals surface area contributed by atoms with Gasteiger partial charge in [0, 0.05) is 32.0 Å². The van der Waals surface area contributed by atoms with Crippen LogP contribution in [0.4, 0.5) is 11.6 Å². The van der Waals surface area contributed by atoms with Crippen LogP contribution in [0.1, 0.15) is 35.2 Å². The molecule has 1 amide bonds. The molecule has 1 aliphatic rings. The van der Waals surface area contributed by atoms with Gasteiger partial charge in [-0.1, -0.05) is 63.0 Å². The second-order valence-electron chi connectivity index (χ2n) is 8.78. The number of aromatic nitrogens is 4. The molecule has 0 radical (unpaired) electrons. The maximum Gasteiger partial charge on any atom is 0.255 e. The molecule has 0 saturated heterocycles. The van der Waals surface area contributed by atoms with Crippen LogP contribution >= 0.6 is 27.5 Å². The maximum atomic E-state index is 13.8. The fraction of sp³-hybridized carbons (Fsp3) is 0.185. The summed E-state index contributed by atoms with van der Waals surface area (Å²) in [5.74, 6) is 0.756. The number of nitrogens with zero attached hydrogens (tertiary/aromatic N) is 4. The van der Waals surface area contributed by atoms with Crippen LogP contribution in [0.3, 0.4) is 0 Å². The lowest BCUT2D eigenvalue weighted by Gasteiger charge is -2.29. The number of anilines is 2. The highest BCUT2D eigenvalue weighted by Crippen LogP contribution is 2.40. The summed E-state index contributed by atoms with van der Waals surface area (Å²) in [5, 5.41) is 19.0. The van der Waals surface area contributed by atoms with Gasteiger partial charge < -0.3 is 15.4 Å². The summed E-state index contributed by atoms with van der Waals surface area (Å²) >= 11 is 9.93. The molecule has 188 valence electrons. The third-order valence-corrected chi connectivity index (χ3v) is 7.28. The molecule has 10 heteroatoms. The molecular weight excluding hydrogens is 556 g/mol. The molecule has 0 aliphatic carbocycles. The van der Waals surface area contributed by atoms with Gasteiger partial charge in [0.05, 0.1) is 5.57 Å². The third kappa shape index (κ3) is 4.97. The molecule has 1 unspecified atom stereocenters. The minimum absolute atomic E-state index is 0.258. The number of aryl methyl sites for hydroxylation is 1. The van der Waals surface area contributed by atoms with Gasteiger partial charge in [-0.25, -0.2) is 0 Å². The maximum absolute atomic E-state index is 13.8. The Hall–Kier alpha value is -3.69. The van der Waals surface area contributed by atoms with Crippen LogP contribution in [0, 0.1) is 13.8 Å². The molecule has 1 aliphatic heterocycles. The molecular formula is C27H24BrClN6O2. The molecule has 0 spiro atoms. The second-order valence-corrected chi connectivity index (χ2v) is 10.1. The van der Waals surface area contributed by atoms with Gasteiger partial charge in [0.25, 0.3) is 5.91 Å². The van der Waals surface area contributed by atoms with Crippen molar-refractivity contribution in [2.45, 2.75) is 33.4 Å². The van der Waals surface area contributed by atoms with Gasteiger partial charge in [-0.15, -0.1) is 0 Å². The van der Waals surface area contributed by atoms with Crippen LogP contribution in [0.15, 0.2) is 76.4 Å². The van der Waals surface area contributed by atoms with Crippen molar-refractivity contribution < 1.29 is 9.53 Å². The first-order chi connectivity index (χ1) is 17.8. The lowest BCUT2D eigenvalue weighted by molar-refractivity contribution is -0.113. The topological polar surface area (TPSA) is 94.0 Å². The predicted molar refractivity (Wildman–Crippen MR) is 147 cm³/mol.